The second-order valence-electron chi connectivity index (χ2n) is 6.52. The Kier molecular flexibility index (Phi) is 4.96. The minimum Gasteiger partial charge on any atom is -0.272 e. The average molecular weight is 332 g/mol. The first-order valence-electron chi connectivity index (χ1n) is 7.64. The fraction of sp³-hybridized carbons (Fsp3) is 0.438. The van der Waals surface area contributed by atoms with E-state index < -0.39 is 9.85 Å². The van der Waals surface area contributed by atoms with Crippen LogP contribution < -0.4 is 5.43 Å². The Labute approximate surface area is 139 Å². The molecular weight excluding hydrogens is 312 g/mol. The molecule has 1 aliphatic rings. The Hall–Kier alpha value is -2.77. The second-order valence-corrected chi connectivity index (χ2v) is 6.52. The number of anilines is 1. The van der Waals surface area contributed by atoms with Gasteiger partial charge in [-0.15, -0.1) is 0 Å². The van der Waals surface area contributed by atoms with Crippen molar-refractivity contribution in [2.75, 3.05) is 5.43 Å². The van der Waals surface area contributed by atoms with E-state index in [-0.39, 0.29) is 22.5 Å². The van der Waals surface area contributed by atoms with Crippen LogP contribution in [0.25, 0.3) is 0 Å². The summed E-state index contributed by atoms with van der Waals surface area (Å²) in [4.78, 5) is 20.5. The highest BCUT2D eigenvalue weighted by atomic mass is 16.6. The molecule has 0 unspecified atom stereocenters. The first kappa shape index (κ1) is 17.6. The van der Waals surface area contributed by atoms with E-state index in [1.165, 1.54) is 17.7 Å². The van der Waals surface area contributed by atoms with E-state index >= 15 is 0 Å². The summed E-state index contributed by atoms with van der Waals surface area (Å²) in [6.45, 7) is 6.35. The predicted molar refractivity (Wildman–Crippen MR) is 92.2 cm³/mol. The standard InChI is InChI=1S/C16H20N4O4/c1-11-5-4-8-16(2,3)13(11)10-17-18-14-7-6-12(19(21)22)9-15(14)20(23)24/h6-7,9-10,18H,4-5,8H2,1-3H3/b17-10-. The number of nitrogens with zero attached hydrogens (tertiary/aromatic N) is 3. The molecule has 0 bridgehead atoms. The van der Waals surface area contributed by atoms with Crippen LogP contribution in [0.3, 0.4) is 0 Å². The van der Waals surface area contributed by atoms with Crippen molar-refractivity contribution in [1.82, 2.24) is 0 Å². The highest BCUT2D eigenvalue weighted by Gasteiger charge is 2.27. The predicted octanol–water partition coefficient (Wildman–Crippen LogP) is 4.43. The van der Waals surface area contributed by atoms with E-state index in [1.807, 2.05) is 0 Å². The molecule has 8 heteroatoms. The third-order valence-corrected chi connectivity index (χ3v) is 4.31. The van der Waals surface area contributed by atoms with Gasteiger partial charge in [0.2, 0.25) is 0 Å². The minimum atomic E-state index is -0.668. The van der Waals surface area contributed by atoms with Gasteiger partial charge in [-0.1, -0.05) is 19.4 Å². The van der Waals surface area contributed by atoms with Crippen LogP contribution in [-0.2, 0) is 0 Å². The molecular formula is C16H20N4O4. The van der Waals surface area contributed by atoms with Crippen molar-refractivity contribution in [3.63, 3.8) is 0 Å². The van der Waals surface area contributed by atoms with Crippen LogP contribution in [0, 0.1) is 25.6 Å². The first-order chi connectivity index (χ1) is 11.2. The van der Waals surface area contributed by atoms with Crippen molar-refractivity contribution in [2.24, 2.45) is 10.5 Å². The molecule has 128 valence electrons. The van der Waals surface area contributed by atoms with E-state index in [4.69, 9.17) is 0 Å². The average Bonchev–Trinajstić information content (AvgIpc) is 2.49. The number of hydrogen-bond donors (Lipinski definition) is 1. The fourth-order valence-electron chi connectivity index (χ4n) is 2.97. The Morgan fingerprint density at radius 2 is 1.96 bits per heavy atom. The summed E-state index contributed by atoms with van der Waals surface area (Å²) in [5.41, 5.74) is 4.43. The molecule has 0 heterocycles. The normalized spacial score (nSPS) is 17.1. The van der Waals surface area contributed by atoms with Gasteiger partial charge in [0.05, 0.1) is 22.1 Å². The molecule has 0 aliphatic heterocycles. The highest BCUT2D eigenvalue weighted by molar-refractivity contribution is 5.82. The van der Waals surface area contributed by atoms with Crippen molar-refractivity contribution in [3.8, 4) is 0 Å². The van der Waals surface area contributed by atoms with E-state index in [9.17, 15) is 20.2 Å². The molecule has 0 saturated heterocycles. The number of hydrazone groups is 1. The number of nitrogens with one attached hydrogen (secondary N) is 1. The molecule has 0 fully saturated rings. The number of rotatable bonds is 5. The second kappa shape index (κ2) is 6.77. The molecule has 0 aromatic heterocycles. The van der Waals surface area contributed by atoms with Crippen molar-refractivity contribution < 1.29 is 9.85 Å². The summed E-state index contributed by atoms with van der Waals surface area (Å²) in [5, 5.41) is 26.0. The van der Waals surface area contributed by atoms with E-state index in [0.717, 1.165) is 30.9 Å². The van der Waals surface area contributed by atoms with Crippen molar-refractivity contribution in [1.29, 1.82) is 0 Å². The summed E-state index contributed by atoms with van der Waals surface area (Å²) in [6, 6.07) is 3.42. The van der Waals surface area contributed by atoms with Gasteiger partial charge in [0.25, 0.3) is 5.69 Å². The molecule has 1 N–H and O–H groups in total. The summed E-state index contributed by atoms with van der Waals surface area (Å²) in [6.07, 6.45) is 4.91. The number of nitro groups is 2. The largest absolute Gasteiger partial charge is 0.301 e. The maximum absolute atomic E-state index is 11.1. The third-order valence-electron chi connectivity index (χ3n) is 4.31. The molecule has 0 amide bonds. The summed E-state index contributed by atoms with van der Waals surface area (Å²) < 4.78 is 0. The van der Waals surface area contributed by atoms with Gasteiger partial charge in [0, 0.05) is 6.07 Å². The molecule has 24 heavy (non-hydrogen) atoms. The molecule has 1 aromatic rings. The van der Waals surface area contributed by atoms with Crippen LogP contribution >= 0.6 is 0 Å². The zero-order valence-electron chi connectivity index (χ0n) is 13.9. The molecule has 0 atom stereocenters. The summed E-state index contributed by atoms with van der Waals surface area (Å²) >= 11 is 0. The molecule has 1 aromatic carbocycles. The van der Waals surface area contributed by atoms with Gasteiger partial charge in [-0.2, -0.15) is 5.10 Å². The SMILES string of the molecule is CC1=C(/C=N\Nc2ccc([N+](=O)[O-])cc2[N+](=O)[O-])C(C)(C)CCC1. The van der Waals surface area contributed by atoms with Crippen molar-refractivity contribution >= 4 is 23.3 Å². The van der Waals surface area contributed by atoms with Crippen molar-refractivity contribution in [3.05, 3.63) is 49.6 Å². The minimum absolute atomic E-state index is 0.00885. The monoisotopic (exact) mass is 332 g/mol. The lowest BCUT2D eigenvalue weighted by Gasteiger charge is -2.32. The number of nitro benzene ring substituents is 2. The van der Waals surface area contributed by atoms with Crippen molar-refractivity contribution in [2.45, 2.75) is 40.0 Å². The molecule has 8 nitrogen and oxygen atoms in total. The molecule has 0 radical (unpaired) electrons. The van der Waals surface area contributed by atoms with Gasteiger partial charge in [-0.3, -0.25) is 25.7 Å². The highest BCUT2D eigenvalue weighted by Crippen LogP contribution is 2.39. The molecule has 2 rings (SSSR count). The fourth-order valence-corrected chi connectivity index (χ4v) is 2.97. The Morgan fingerprint density at radius 3 is 2.54 bits per heavy atom. The summed E-state index contributed by atoms with van der Waals surface area (Å²) in [7, 11) is 0. The Bertz CT molecular complexity index is 738. The Balaban J connectivity index is 2.26. The number of non-ortho nitro benzene ring substituents is 1. The molecule has 0 spiro atoms. The first-order valence-corrected chi connectivity index (χ1v) is 7.64. The van der Waals surface area contributed by atoms with Crippen LogP contribution in [0.5, 0.6) is 0 Å². The van der Waals surface area contributed by atoms with E-state index in [0.29, 0.717) is 0 Å². The maximum atomic E-state index is 11.1. The van der Waals surface area contributed by atoms with Gasteiger partial charge in [-0.25, -0.2) is 0 Å². The maximum Gasteiger partial charge on any atom is 0.301 e. The zero-order valence-corrected chi connectivity index (χ0v) is 13.9. The van der Waals surface area contributed by atoms with Crippen LogP contribution in [0.15, 0.2) is 34.4 Å². The zero-order chi connectivity index (χ0) is 17.9. The molecule has 0 saturated carbocycles. The van der Waals surface area contributed by atoms with E-state index in [2.05, 4.69) is 31.3 Å². The lowest BCUT2D eigenvalue weighted by Crippen LogP contribution is -2.21. The Morgan fingerprint density at radius 1 is 1.25 bits per heavy atom. The van der Waals surface area contributed by atoms with Gasteiger partial charge < -0.3 is 0 Å². The van der Waals surface area contributed by atoms with Gasteiger partial charge in [-0.05, 0) is 43.2 Å². The van der Waals surface area contributed by atoms with Crippen LogP contribution in [0.1, 0.15) is 40.0 Å². The van der Waals surface area contributed by atoms with Crippen LogP contribution in [0.4, 0.5) is 17.1 Å². The van der Waals surface area contributed by atoms with Crippen LogP contribution in [0.2, 0.25) is 0 Å². The summed E-state index contributed by atoms with van der Waals surface area (Å²) in [5.74, 6) is 0. The topological polar surface area (TPSA) is 111 Å². The lowest BCUT2D eigenvalue weighted by atomic mass is 9.73. The number of benzene rings is 1. The van der Waals surface area contributed by atoms with Crippen LogP contribution in [-0.4, -0.2) is 16.1 Å². The van der Waals surface area contributed by atoms with E-state index in [1.54, 1.807) is 6.21 Å². The van der Waals surface area contributed by atoms with Gasteiger partial charge in [0.1, 0.15) is 5.69 Å². The van der Waals surface area contributed by atoms with Gasteiger partial charge >= 0.3 is 5.69 Å². The quantitative estimate of drug-likeness (QED) is 0.487. The third kappa shape index (κ3) is 3.76. The van der Waals surface area contributed by atoms with Gasteiger partial charge in [0.15, 0.2) is 0 Å². The lowest BCUT2D eigenvalue weighted by molar-refractivity contribution is -0.393. The number of allylic oxidation sites excluding steroid dienone is 2. The molecule has 1 aliphatic carbocycles. The number of hydrogen-bond acceptors (Lipinski definition) is 6. The smallest absolute Gasteiger partial charge is 0.272 e.